The summed E-state index contributed by atoms with van der Waals surface area (Å²) in [4.78, 5) is 25.4. The van der Waals surface area contributed by atoms with Gasteiger partial charge in [-0.2, -0.15) is 0 Å². The molecule has 7 nitrogen and oxygen atoms in total. The monoisotopic (exact) mass is 413 g/mol. The highest BCUT2D eigenvalue weighted by atomic mass is 16.3. The van der Waals surface area contributed by atoms with Gasteiger partial charge in [0.15, 0.2) is 5.65 Å². The SMILES string of the molecule is O=C(NCCCCc1ccccc1)Nc1ccc2ncc(-c3ccccc3O)nc2n1. The lowest BCUT2D eigenvalue weighted by molar-refractivity contribution is 0.252. The maximum atomic E-state index is 12.2. The molecule has 0 aliphatic heterocycles. The van der Waals surface area contributed by atoms with E-state index in [-0.39, 0.29) is 11.8 Å². The third-order valence-corrected chi connectivity index (χ3v) is 4.85. The minimum absolute atomic E-state index is 0.122. The van der Waals surface area contributed by atoms with Crippen LogP contribution in [0.3, 0.4) is 0 Å². The van der Waals surface area contributed by atoms with E-state index >= 15 is 0 Å². The van der Waals surface area contributed by atoms with E-state index in [4.69, 9.17) is 0 Å². The molecule has 0 saturated heterocycles. The quantitative estimate of drug-likeness (QED) is 0.386. The number of aryl methyl sites for hydroxylation is 1. The number of unbranched alkanes of at least 4 members (excludes halogenated alkanes) is 1. The molecule has 4 rings (SSSR count). The van der Waals surface area contributed by atoms with Crippen molar-refractivity contribution in [1.29, 1.82) is 0 Å². The van der Waals surface area contributed by atoms with Crippen molar-refractivity contribution in [1.82, 2.24) is 20.3 Å². The summed E-state index contributed by atoms with van der Waals surface area (Å²) < 4.78 is 0. The van der Waals surface area contributed by atoms with E-state index in [9.17, 15) is 9.90 Å². The fourth-order valence-electron chi connectivity index (χ4n) is 3.25. The molecule has 0 aliphatic carbocycles. The number of phenols is 1. The predicted octanol–water partition coefficient (Wildman–Crippen LogP) is 4.54. The molecular weight excluding hydrogens is 390 g/mol. The van der Waals surface area contributed by atoms with Gasteiger partial charge in [-0.05, 0) is 49.1 Å². The van der Waals surface area contributed by atoms with Gasteiger partial charge in [0.2, 0.25) is 0 Å². The van der Waals surface area contributed by atoms with E-state index in [0.29, 0.717) is 34.8 Å². The van der Waals surface area contributed by atoms with Gasteiger partial charge in [0.05, 0.1) is 11.9 Å². The average Bonchev–Trinajstić information content (AvgIpc) is 2.79. The predicted molar refractivity (Wildman–Crippen MR) is 121 cm³/mol. The first-order chi connectivity index (χ1) is 15.2. The number of pyridine rings is 1. The number of benzene rings is 2. The molecule has 2 heterocycles. The van der Waals surface area contributed by atoms with E-state index in [0.717, 1.165) is 19.3 Å². The summed E-state index contributed by atoms with van der Waals surface area (Å²) in [6.07, 6.45) is 4.48. The Labute approximate surface area is 180 Å². The number of nitrogens with zero attached hydrogens (tertiary/aromatic N) is 3. The summed E-state index contributed by atoms with van der Waals surface area (Å²) in [5, 5.41) is 15.6. The number of fused-ring (bicyclic) bond motifs is 1. The summed E-state index contributed by atoms with van der Waals surface area (Å²) in [5.41, 5.74) is 3.38. The molecule has 0 aliphatic rings. The number of amides is 2. The van der Waals surface area contributed by atoms with Gasteiger partial charge in [-0.1, -0.05) is 42.5 Å². The van der Waals surface area contributed by atoms with Crippen molar-refractivity contribution in [3.8, 4) is 17.0 Å². The van der Waals surface area contributed by atoms with Gasteiger partial charge in [0.1, 0.15) is 17.1 Å². The third-order valence-electron chi connectivity index (χ3n) is 4.85. The normalized spacial score (nSPS) is 10.7. The molecule has 0 radical (unpaired) electrons. The Kier molecular flexibility index (Phi) is 6.32. The van der Waals surface area contributed by atoms with Crippen LogP contribution in [0.4, 0.5) is 10.6 Å². The van der Waals surface area contributed by atoms with Crippen molar-refractivity contribution in [3.05, 3.63) is 78.5 Å². The Morgan fingerprint density at radius 1 is 0.903 bits per heavy atom. The van der Waals surface area contributed by atoms with Crippen LogP contribution in [-0.4, -0.2) is 32.6 Å². The highest BCUT2D eigenvalue weighted by molar-refractivity contribution is 5.89. The fraction of sp³-hybridized carbons (Fsp3) is 0.167. The van der Waals surface area contributed by atoms with E-state index in [2.05, 4.69) is 37.7 Å². The Morgan fingerprint density at radius 3 is 2.55 bits per heavy atom. The van der Waals surface area contributed by atoms with Crippen molar-refractivity contribution in [2.24, 2.45) is 0 Å². The molecule has 2 aromatic carbocycles. The Hall–Kier alpha value is -4.00. The molecule has 3 N–H and O–H groups in total. The second-order valence-corrected chi connectivity index (χ2v) is 7.14. The molecule has 2 amide bonds. The summed E-state index contributed by atoms with van der Waals surface area (Å²) in [6.45, 7) is 0.587. The molecule has 7 heteroatoms. The van der Waals surface area contributed by atoms with Crippen LogP contribution >= 0.6 is 0 Å². The van der Waals surface area contributed by atoms with Crippen LogP contribution in [-0.2, 0) is 6.42 Å². The van der Waals surface area contributed by atoms with Crippen LogP contribution in [0.5, 0.6) is 5.75 Å². The first kappa shape index (κ1) is 20.3. The van der Waals surface area contributed by atoms with Crippen LogP contribution < -0.4 is 10.6 Å². The van der Waals surface area contributed by atoms with E-state index in [1.807, 2.05) is 24.3 Å². The summed E-state index contributed by atoms with van der Waals surface area (Å²) >= 11 is 0. The highest BCUT2D eigenvalue weighted by Gasteiger charge is 2.09. The molecule has 0 unspecified atom stereocenters. The first-order valence-corrected chi connectivity index (χ1v) is 10.2. The van der Waals surface area contributed by atoms with Gasteiger partial charge in [0, 0.05) is 12.1 Å². The maximum Gasteiger partial charge on any atom is 0.320 e. The van der Waals surface area contributed by atoms with Gasteiger partial charge < -0.3 is 10.4 Å². The Bertz CT molecular complexity index is 1180. The third kappa shape index (κ3) is 5.33. The number of anilines is 1. The zero-order chi connectivity index (χ0) is 21.5. The molecule has 4 aromatic rings. The van der Waals surface area contributed by atoms with Crippen molar-refractivity contribution in [2.45, 2.75) is 19.3 Å². The molecule has 0 spiro atoms. The van der Waals surface area contributed by atoms with E-state index < -0.39 is 0 Å². The molecular formula is C24H23N5O2. The summed E-state index contributed by atoms with van der Waals surface area (Å²) in [5.74, 6) is 0.509. The summed E-state index contributed by atoms with van der Waals surface area (Å²) in [6, 6.07) is 20.3. The van der Waals surface area contributed by atoms with Crippen LogP contribution in [0.25, 0.3) is 22.4 Å². The molecule has 31 heavy (non-hydrogen) atoms. The number of hydrogen-bond acceptors (Lipinski definition) is 5. The number of carbonyl (C=O) groups is 1. The van der Waals surface area contributed by atoms with Crippen LogP contribution in [0, 0.1) is 0 Å². The number of urea groups is 1. The van der Waals surface area contributed by atoms with Crippen LogP contribution in [0.1, 0.15) is 18.4 Å². The Morgan fingerprint density at radius 2 is 1.71 bits per heavy atom. The minimum Gasteiger partial charge on any atom is -0.507 e. The second kappa shape index (κ2) is 9.67. The molecule has 0 atom stereocenters. The number of aromatic hydroxyl groups is 1. The van der Waals surface area contributed by atoms with Crippen molar-refractivity contribution >= 4 is 23.0 Å². The number of hydrogen-bond donors (Lipinski definition) is 3. The van der Waals surface area contributed by atoms with Gasteiger partial charge in [-0.15, -0.1) is 0 Å². The molecule has 0 fully saturated rings. The first-order valence-electron chi connectivity index (χ1n) is 10.2. The molecule has 156 valence electrons. The van der Waals surface area contributed by atoms with Crippen molar-refractivity contribution in [3.63, 3.8) is 0 Å². The lowest BCUT2D eigenvalue weighted by Gasteiger charge is -2.08. The van der Waals surface area contributed by atoms with Crippen molar-refractivity contribution in [2.75, 3.05) is 11.9 Å². The molecule has 0 bridgehead atoms. The zero-order valence-corrected chi connectivity index (χ0v) is 17.0. The standard InChI is InChI=1S/C24H23N5O2/c30-21-12-5-4-11-18(21)20-16-26-19-13-14-22(28-23(19)27-20)29-24(31)25-15-7-6-10-17-8-2-1-3-9-17/h1-5,8-9,11-14,16,30H,6-7,10,15H2,(H2,25,27,28,29,31). The fourth-order valence-corrected chi connectivity index (χ4v) is 3.25. The van der Waals surface area contributed by atoms with E-state index in [1.54, 1.807) is 36.5 Å². The smallest absolute Gasteiger partial charge is 0.320 e. The van der Waals surface area contributed by atoms with Gasteiger partial charge in [0.25, 0.3) is 0 Å². The lowest BCUT2D eigenvalue weighted by Crippen LogP contribution is -2.29. The van der Waals surface area contributed by atoms with Crippen molar-refractivity contribution < 1.29 is 9.90 Å². The van der Waals surface area contributed by atoms with Crippen LogP contribution in [0.2, 0.25) is 0 Å². The van der Waals surface area contributed by atoms with Gasteiger partial charge in [-0.3, -0.25) is 10.3 Å². The van der Waals surface area contributed by atoms with E-state index in [1.165, 1.54) is 5.56 Å². The maximum absolute atomic E-state index is 12.2. The number of rotatable bonds is 7. The lowest BCUT2D eigenvalue weighted by atomic mass is 10.1. The van der Waals surface area contributed by atoms with Gasteiger partial charge >= 0.3 is 6.03 Å². The second-order valence-electron chi connectivity index (χ2n) is 7.14. The topological polar surface area (TPSA) is 100 Å². The number of carbonyl (C=O) groups excluding carboxylic acids is 1. The number of aromatic nitrogens is 3. The largest absolute Gasteiger partial charge is 0.507 e. The van der Waals surface area contributed by atoms with Crippen LogP contribution in [0.15, 0.2) is 72.9 Å². The summed E-state index contributed by atoms with van der Waals surface area (Å²) in [7, 11) is 0. The number of para-hydroxylation sites is 1. The Balaban J connectivity index is 1.33. The zero-order valence-electron chi connectivity index (χ0n) is 17.0. The highest BCUT2D eigenvalue weighted by Crippen LogP contribution is 2.27. The van der Waals surface area contributed by atoms with Gasteiger partial charge in [-0.25, -0.2) is 14.8 Å². The minimum atomic E-state index is -0.309. The average molecular weight is 413 g/mol. The molecule has 2 aromatic heterocycles. The number of nitrogens with one attached hydrogen (secondary N) is 2. The number of phenolic OH excluding ortho intramolecular Hbond substituents is 1. The molecule has 0 saturated carbocycles.